The largest absolute Gasteiger partial charge is 0.457 e. The van der Waals surface area contributed by atoms with Crippen LogP contribution in [0, 0.1) is 5.82 Å². The van der Waals surface area contributed by atoms with E-state index in [9.17, 15) is 9.18 Å². The molecule has 0 spiro atoms. The van der Waals surface area contributed by atoms with Crippen LogP contribution in [0.5, 0.6) is 0 Å². The van der Waals surface area contributed by atoms with E-state index in [1.165, 1.54) is 12.1 Å². The second-order valence-corrected chi connectivity index (χ2v) is 4.18. The second-order valence-electron chi connectivity index (χ2n) is 4.18. The van der Waals surface area contributed by atoms with Gasteiger partial charge in [-0.3, -0.25) is 0 Å². The number of rotatable bonds is 4. The van der Waals surface area contributed by atoms with E-state index in [1.807, 2.05) is 37.3 Å². The van der Waals surface area contributed by atoms with Crippen LogP contribution in [0.4, 0.5) is 4.39 Å². The Morgan fingerprint density at radius 3 is 2.53 bits per heavy atom. The van der Waals surface area contributed by atoms with E-state index in [2.05, 4.69) is 0 Å². The molecule has 0 aliphatic carbocycles. The van der Waals surface area contributed by atoms with E-state index < -0.39 is 5.97 Å². The number of hydrogen-bond acceptors (Lipinski definition) is 2. The Bertz CT molecular complexity index is 564. The van der Waals surface area contributed by atoms with Gasteiger partial charge in [-0.2, -0.15) is 0 Å². The molecule has 2 aromatic carbocycles. The molecule has 3 heteroatoms. The Morgan fingerprint density at radius 1 is 1.11 bits per heavy atom. The maximum absolute atomic E-state index is 13.6. The molecule has 2 nitrogen and oxygen atoms in total. The highest BCUT2D eigenvalue weighted by Crippen LogP contribution is 2.16. The quantitative estimate of drug-likeness (QED) is 0.781. The van der Waals surface area contributed by atoms with Gasteiger partial charge in [-0.15, -0.1) is 0 Å². The average Bonchev–Trinajstić information content (AvgIpc) is 2.45. The van der Waals surface area contributed by atoms with Crippen LogP contribution in [0.15, 0.2) is 48.5 Å². The fourth-order valence-corrected chi connectivity index (χ4v) is 1.91. The fraction of sp³-hybridized carbons (Fsp3) is 0.188. The van der Waals surface area contributed by atoms with Crippen molar-refractivity contribution in [3.05, 3.63) is 71.0 Å². The Hall–Kier alpha value is -2.16. The van der Waals surface area contributed by atoms with Crippen molar-refractivity contribution in [3.8, 4) is 0 Å². The molecule has 2 rings (SSSR count). The van der Waals surface area contributed by atoms with Gasteiger partial charge in [0.1, 0.15) is 12.4 Å². The minimum Gasteiger partial charge on any atom is -0.457 e. The van der Waals surface area contributed by atoms with Crippen LogP contribution in [-0.2, 0) is 17.8 Å². The second kappa shape index (κ2) is 6.14. The maximum atomic E-state index is 13.6. The summed E-state index contributed by atoms with van der Waals surface area (Å²) >= 11 is 0. The summed E-state index contributed by atoms with van der Waals surface area (Å²) in [5, 5.41) is 0. The van der Waals surface area contributed by atoms with Gasteiger partial charge in [-0.25, -0.2) is 9.18 Å². The van der Waals surface area contributed by atoms with Crippen molar-refractivity contribution < 1.29 is 13.9 Å². The molecule has 0 N–H and O–H groups in total. The van der Waals surface area contributed by atoms with E-state index in [0.717, 1.165) is 5.56 Å². The Balaban J connectivity index is 2.10. The molecule has 0 radical (unpaired) electrons. The SMILES string of the molecule is CCc1c(F)cccc1C(=O)OCc1ccccc1. The number of halogens is 1. The van der Waals surface area contributed by atoms with Gasteiger partial charge in [-0.05, 0) is 24.1 Å². The fourth-order valence-electron chi connectivity index (χ4n) is 1.91. The van der Waals surface area contributed by atoms with Crippen LogP contribution >= 0.6 is 0 Å². The first-order valence-corrected chi connectivity index (χ1v) is 6.20. The summed E-state index contributed by atoms with van der Waals surface area (Å²) in [6.45, 7) is 2.01. The van der Waals surface area contributed by atoms with Crippen LogP contribution < -0.4 is 0 Å². The molecule has 2 aromatic rings. The van der Waals surface area contributed by atoms with Crippen LogP contribution in [0.25, 0.3) is 0 Å². The number of hydrogen-bond donors (Lipinski definition) is 0. The lowest BCUT2D eigenvalue weighted by molar-refractivity contribution is 0.0471. The molecule has 0 unspecified atom stereocenters. The third-order valence-electron chi connectivity index (χ3n) is 2.91. The zero-order valence-electron chi connectivity index (χ0n) is 10.7. The molecular weight excluding hydrogens is 243 g/mol. The molecule has 0 aliphatic heterocycles. The molecule has 0 saturated heterocycles. The van der Waals surface area contributed by atoms with Gasteiger partial charge in [0.05, 0.1) is 5.56 Å². The summed E-state index contributed by atoms with van der Waals surface area (Å²) in [5.74, 6) is -0.850. The number of esters is 1. The predicted molar refractivity (Wildman–Crippen MR) is 71.3 cm³/mol. The Morgan fingerprint density at radius 2 is 1.84 bits per heavy atom. The smallest absolute Gasteiger partial charge is 0.338 e. The van der Waals surface area contributed by atoms with Crippen LogP contribution in [0.1, 0.15) is 28.4 Å². The van der Waals surface area contributed by atoms with Crippen molar-refractivity contribution in [2.45, 2.75) is 20.0 Å². The van der Waals surface area contributed by atoms with E-state index in [-0.39, 0.29) is 12.4 Å². The first-order chi connectivity index (χ1) is 9.22. The molecule has 0 fully saturated rings. The summed E-state index contributed by atoms with van der Waals surface area (Å²) < 4.78 is 18.8. The van der Waals surface area contributed by atoms with Gasteiger partial charge >= 0.3 is 5.97 Å². The molecule has 0 aliphatic rings. The molecule has 98 valence electrons. The normalized spacial score (nSPS) is 10.2. The summed E-state index contributed by atoms with van der Waals surface area (Å²) in [5.41, 5.74) is 1.62. The summed E-state index contributed by atoms with van der Waals surface area (Å²) in [6.07, 6.45) is 0.461. The topological polar surface area (TPSA) is 26.3 Å². The summed E-state index contributed by atoms with van der Waals surface area (Å²) in [4.78, 5) is 12.0. The molecule has 0 atom stereocenters. The first kappa shape index (κ1) is 13.3. The van der Waals surface area contributed by atoms with Gasteiger partial charge in [0.15, 0.2) is 0 Å². The average molecular weight is 258 g/mol. The minimum absolute atomic E-state index is 0.194. The van der Waals surface area contributed by atoms with Gasteiger partial charge in [-0.1, -0.05) is 43.3 Å². The molecule has 0 bridgehead atoms. The minimum atomic E-state index is -0.486. The van der Waals surface area contributed by atoms with E-state index in [0.29, 0.717) is 17.5 Å². The first-order valence-electron chi connectivity index (χ1n) is 6.20. The Labute approximate surface area is 111 Å². The van der Waals surface area contributed by atoms with Gasteiger partial charge in [0.25, 0.3) is 0 Å². The van der Waals surface area contributed by atoms with Crippen LogP contribution in [-0.4, -0.2) is 5.97 Å². The van der Waals surface area contributed by atoms with E-state index in [1.54, 1.807) is 6.07 Å². The number of carbonyl (C=O) groups is 1. The lowest BCUT2D eigenvalue weighted by Gasteiger charge is -2.09. The highest BCUT2D eigenvalue weighted by molar-refractivity contribution is 5.91. The van der Waals surface area contributed by atoms with E-state index in [4.69, 9.17) is 4.74 Å². The third kappa shape index (κ3) is 3.19. The van der Waals surface area contributed by atoms with Crippen molar-refractivity contribution in [1.82, 2.24) is 0 Å². The monoisotopic (exact) mass is 258 g/mol. The lowest BCUT2D eigenvalue weighted by Crippen LogP contribution is -2.09. The van der Waals surface area contributed by atoms with Crippen molar-refractivity contribution in [3.63, 3.8) is 0 Å². The zero-order valence-corrected chi connectivity index (χ0v) is 10.7. The molecule has 19 heavy (non-hydrogen) atoms. The molecule has 0 aromatic heterocycles. The van der Waals surface area contributed by atoms with Crippen LogP contribution in [0.2, 0.25) is 0 Å². The number of carbonyl (C=O) groups excluding carboxylic acids is 1. The van der Waals surface area contributed by atoms with Gasteiger partial charge in [0.2, 0.25) is 0 Å². The molecule has 0 saturated carbocycles. The standard InChI is InChI=1S/C16H15FO2/c1-2-13-14(9-6-10-15(13)17)16(18)19-11-12-7-4-3-5-8-12/h3-10H,2,11H2,1H3. The highest BCUT2D eigenvalue weighted by atomic mass is 19.1. The molecule has 0 heterocycles. The lowest BCUT2D eigenvalue weighted by atomic mass is 10.0. The maximum Gasteiger partial charge on any atom is 0.338 e. The van der Waals surface area contributed by atoms with Crippen LogP contribution in [0.3, 0.4) is 0 Å². The van der Waals surface area contributed by atoms with Crippen molar-refractivity contribution in [2.24, 2.45) is 0 Å². The van der Waals surface area contributed by atoms with Crippen molar-refractivity contribution >= 4 is 5.97 Å². The summed E-state index contributed by atoms with van der Waals surface area (Å²) in [7, 11) is 0. The molecular formula is C16H15FO2. The highest BCUT2D eigenvalue weighted by Gasteiger charge is 2.14. The predicted octanol–water partition coefficient (Wildman–Crippen LogP) is 3.75. The Kier molecular flexibility index (Phi) is 4.29. The summed E-state index contributed by atoms with van der Waals surface area (Å²) in [6, 6.07) is 13.9. The van der Waals surface area contributed by atoms with Gasteiger partial charge in [0, 0.05) is 5.56 Å². The van der Waals surface area contributed by atoms with Crippen molar-refractivity contribution in [2.75, 3.05) is 0 Å². The van der Waals surface area contributed by atoms with E-state index >= 15 is 0 Å². The van der Waals surface area contributed by atoms with Crippen molar-refractivity contribution in [1.29, 1.82) is 0 Å². The van der Waals surface area contributed by atoms with Gasteiger partial charge < -0.3 is 4.74 Å². The molecule has 0 amide bonds. The zero-order chi connectivity index (χ0) is 13.7. The third-order valence-corrected chi connectivity index (χ3v) is 2.91. The number of ether oxygens (including phenoxy) is 1. The number of benzene rings is 2.